The lowest BCUT2D eigenvalue weighted by molar-refractivity contribution is 0.411. The maximum absolute atomic E-state index is 10.4. The molecule has 0 bridgehead atoms. The zero-order chi connectivity index (χ0) is 9.84. The number of rotatable bonds is 3. The van der Waals surface area contributed by atoms with E-state index in [1.807, 2.05) is 0 Å². The summed E-state index contributed by atoms with van der Waals surface area (Å²) in [5.41, 5.74) is 0.573. The molecule has 0 fully saturated rings. The van der Waals surface area contributed by atoms with Crippen molar-refractivity contribution in [1.29, 1.82) is 0 Å². The molecule has 13 heavy (non-hydrogen) atoms. The van der Waals surface area contributed by atoms with Crippen molar-refractivity contribution in [2.24, 2.45) is 0 Å². The third kappa shape index (κ3) is 2.69. The summed E-state index contributed by atoms with van der Waals surface area (Å²) >= 11 is 3.66. The van der Waals surface area contributed by atoms with Gasteiger partial charge in [-0.15, -0.1) is 0 Å². The molecule has 1 unspecified atom stereocenters. The minimum atomic E-state index is -2.13. The monoisotopic (exact) mass is 219 g/mol. The van der Waals surface area contributed by atoms with Crippen molar-refractivity contribution in [3.63, 3.8) is 0 Å². The predicted octanol–water partition coefficient (Wildman–Crippen LogP) is 1.73. The van der Waals surface area contributed by atoms with E-state index in [9.17, 15) is 8.76 Å². The summed E-state index contributed by atoms with van der Waals surface area (Å²) in [6.07, 6.45) is 0. The van der Waals surface area contributed by atoms with Crippen LogP contribution < -0.4 is 4.74 Å². The van der Waals surface area contributed by atoms with E-state index < -0.39 is 11.1 Å². The molecule has 0 aliphatic rings. The molecular formula is C8H8ClO3S-. The first-order valence-electron chi connectivity index (χ1n) is 3.52. The average molecular weight is 220 g/mol. The molecule has 0 amide bonds. The molecule has 0 heterocycles. The van der Waals surface area contributed by atoms with Gasteiger partial charge in [-0.1, -0.05) is 34.8 Å². The number of methoxy groups -OCH3 is 1. The Morgan fingerprint density at radius 2 is 2.31 bits per heavy atom. The normalized spacial score (nSPS) is 12.5. The van der Waals surface area contributed by atoms with Gasteiger partial charge in [0.05, 0.1) is 12.1 Å². The lowest BCUT2D eigenvalue weighted by atomic mass is 10.2. The molecule has 0 radical (unpaired) electrons. The summed E-state index contributed by atoms with van der Waals surface area (Å²) in [4.78, 5) is 0. The van der Waals surface area contributed by atoms with Crippen LogP contribution in [0.15, 0.2) is 18.2 Å². The fourth-order valence-electron chi connectivity index (χ4n) is 1.02. The van der Waals surface area contributed by atoms with Gasteiger partial charge in [-0.25, -0.2) is 0 Å². The highest BCUT2D eigenvalue weighted by Gasteiger charge is 2.06. The number of hydrogen-bond acceptors (Lipinski definition) is 3. The average Bonchev–Trinajstić information content (AvgIpc) is 2.03. The second kappa shape index (κ2) is 4.60. The summed E-state index contributed by atoms with van der Waals surface area (Å²) in [5.74, 6) is 0.345. The van der Waals surface area contributed by atoms with Crippen molar-refractivity contribution in [1.82, 2.24) is 0 Å². The first-order chi connectivity index (χ1) is 6.15. The maximum atomic E-state index is 10.4. The molecule has 0 aromatic heterocycles. The molecule has 72 valence electrons. The molecule has 5 heteroatoms. The minimum Gasteiger partial charge on any atom is -0.772 e. The van der Waals surface area contributed by atoms with Crippen LogP contribution in [-0.4, -0.2) is 15.9 Å². The predicted molar refractivity (Wildman–Crippen MR) is 50.6 cm³/mol. The van der Waals surface area contributed by atoms with E-state index >= 15 is 0 Å². The van der Waals surface area contributed by atoms with Crippen LogP contribution in [0.5, 0.6) is 5.75 Å². The summed E-state index contributed by atoms with van der Waals surface area (Å²) < 4.78 is 25.9. The minimum absolute atomic E-state index is 0.0796. The van der Waals surface area contributed by atoms with Gasteiger partial charge in [0.15, 0.2) is 0 Å². The molecular weight excluding hydrogens is 212 g/mol. The Morgan fingerprint density at radius 1 is 1.62 bits per heavy atom. The first kappa shape index (κ1) is 10.5. The van der Waals surface area contributed by atoms with Crippen LogP contribution >= 0.6 is 11.6 Å². The summed E-state index contributed by atoms with van der Waals surface area (Å²) in [6, 6.07) is 5.01. The van der Waals surface area contributed by atoms with Crippen molar-refractivity contribution >= 4 is 22.7 Å². The molecule has 0 N–H and O–H groups in total. The molecule has 0 saturated carbocycles. The Labute approximate surface area is 84.0 Å². The third-order valence-electron chi connectivity index (χ3n) is 1.53. The zero-order valence-corrected chi connectivity index (χ0v) is 8.52. The van der Waals surface area contributed by atoms with Crippen molar-refractivity contribution < 1.29 is 13.5 Å². The van der Waals surface area contributed by atoms with Crippen LogP contribution in [0.4, 0.5) is 0 Å². The third-order valence-corrected chi connectivity index (χ3v) is 2.37. The van der Waals surface area contributed by atoms with Gasteiger partial charge < -0.3 is 9.29 Å². The van der Waals surface area contributed by atoms with E-state index in [2.05, 4.69) is 0 Å². The van der Waals surface area contributed by atoms with E-state index in [-0.39, 0.29) is 5.75 Å². The lowest BCUT2D eigenvalue weighted by Crippen LogP contribution is -1.97. The second-order valence-electron chi connectivity index (χ2n) is 2.38. The van der Waals surface area contributed by atoms with Crippen LogP contribution in [-0.2, 0) is 16.8 Å². The van der Waals surface area contributed by atoms with Gasteiger partial charge >= 0.3 is 0 Å². The number of halogens is 1. The van der Waals surface area contributed by atoms with E-state index in [1.165, 1.54) is 7.11 Å². The number of ether oxygens (including phenoxy) is 1. The molecule has 1 aromatic rings. The largest absolute Gasteiger partial charge is 0.772 e. The second-order valence-corrected chi connectivity index (χ2v) is 3.68. The van der Waals surface area contributed by atoms with Crippen molar-refractivity contribution in [3.8, 4) is 5.75 Å². The van der Waals surface area contributed by atoms with E-state index in [0.717, 1.165) is 0 Å². The first-order valence-corrected chi connectivity index (χ1v) is 5.14. The molecule has 0 saturated heterocycles. The van der Waals surface area contributed by atoms with Crippen molar-refractivity contribution in [2.45, 2.75) is 5.75 Å². The van der Waals surface area contributed by atoms with Gasteiger partial charge in [-0.05, 0) is 6.07 Å². The molecule has 0 aliphatic carbocycles. The van der Waals surface area contributed by atoms with Gasteiger partial charge in [0.2, 0.25) is 0 Å². The highest BCUT2D eigenvalue weighted by atomic mass is 35.5. The Hall–Kier alpha value is -0.580. The van der Waals surface area contributed by atoms with Crippen LogP contribution in [0.25, 0.3) is 0 Å². The number of hydrogen-bond donors (Lipinski definition) is 0. The summed E-state index contributed by atoms with van der Waals surface area (Å²) in [7, 11) is 1.46. The van der Waals surface area contributed by atoms with Gasteiger partial charge in [-0.2, -0.15) is 0 Å². The van der Waals surface area contributed by atoms with E-state index in [0.29, 0.717) is 16.3 Å². The lowest BCUT2D eigenvalue weighted by Gasteiger charge is -2.11. The van der Waals surface area contributed by atoms with Gasteiger partial charge in [0.25, 0.3) is 0 Å². The van der Waals surface area contributed by atoms with Crippen molar-refractivity contribution in [2.75, 3.05) is 7.11 Å². The highest BCUT2D eigenvalue weighted by Crippen LogP contribution is 2.28. The summed E-state index contributed by atoms with van der Waals surface area (Å²) in [5, 5.41) is 0.422. The maximum Gasteiger partial charge on any atom is 0.141 e. The molecule has 1 atom stereocenters. The standard InChI is InChI=1S/C8H9ClO3S/c1-12-8-6(5-13(10)11)3-2-4-7(8)9/h2-4H,5H2,1H3,(H,10,11)/p-1. The quantitative estimate of drug-likeness (QED) is 0.728. The Balaban J connectivity index is 3.05. The Kier molecular flexibility index (Phi) is 3.71. The fraction of sp³-hybridized carbons (Fsp3) is 0.250. The Morgan fingerprint density at radius 3 is 2.85 bits per heavy atom. The topological polar surface area (TPSA) is 49.4 Å². The van der Waals surface area contributed by atoms with Crippen LogP contribution in [0.1, 0.15) is 5.56 Å². The van der Waals surface area contributed by atoms with Gasteiger partial charge in [0, 0.05) is 11.3 Å². The molecule has 1 rings (SSSR count). The van der Waals surface area contributed by atoms with Crippen molar-refractivity contribution in [3.05, 3.63) is 28.8 Å². The van der Waals surface area contributed by atoms with Crippen LogP contribution in [0, 0.1) is 0 Å². The number of para-hydroxylation sites is 1. The zero-order valence-electron chi connectivity index (χ0n) is 6.95. The fourth-order valence-corrected chi connectivity index (χ4v) is 1.78. The molecule has 1 aromatic carbocycles. The smallest absolute Gasteiger partial charge is 0.141 e. The van der Waals surface area contributed by atoms with Crippen LogP contribution in [0.3, 0.4) is 0 Å². The summed E-state index contributed by atoms with van der Waals surface area (Å²) in [6.45, 7) is 0. The van der Waals surface area contributed by atoms with E-state index in [4.69, 9.17) is 16.3 Å². The highest BCUT2D eigenvalue weighted by molar-refractivity contribution is 7.78. The van der Waals surface area contributed by atoms with Gasteiger partial charge in [-0.3, -0.25) is 4.21 Å². The Bertz CT molecular complexity index is 327. The number of benzene rings is 1. The molecule has 0 aliphatic heterocycles. The SMILES string of the molecule is COc1c(Cl)cccc1CS(=O)[O-]. The van der Waals surface area contributed by atoms with Crippen LogP contribution in [0.2, 0.25) is 5.02 Å². The van der Waals surface area contributed by atoms with Gasteiger partial charge in [0.1, 0.15) is 5.75 Å². The van der Waals surface area contributed by atoms with E-state index in [1.54, 1.807) is 18.2 Å². The molecule has 3 nitrogen and oxygen atoms in total. The molecule has 0 spiro atoms.